The summed E-state index contributed by atoms with van der Waals surface area (Å²) in [6, 6.07) is 0. The van der Waals surface area contributed by atoms with E-state index < -0.39 is 23.3 Å². The third kappa shape index (κ3) is 3.18. The molecule has 0 bridgehead atoms. The van der Waals surface area contributed by atoms with Crippen LogP contribution in [0.1, 0.15) is 40.0 Å². The predicted molar refractivity (Wildman–Crippen MR) is 66.9 cm³/mol. The molecule has 0 aromatic carbocycles. The van der Waals surface area contributed by atoms with Crippen molar-refractivity contribution in [2.75, 3.05) is 13.1 Å². The van der Waals surface area contributed by atoms with Gasteiger partial charge in [-0.25, -0.2) is 9.59 Å². The smallest absolute Gasteiger partial charge is 0.410 e. The molecule has 0 aliphatic carbocycles. The molecule has 2 rings (SSSR count). The number of likely N-dealkylation sites (tertiary alicyclic amines) is 1. The molecular weight excluding hydrogens is 250 g/mol. The van der Waals surface area contributed by atoms with E-state index in [4.69, 9.17) is 14.6 Å². The number of carbonyl (C=O) groups excluding carboxylic acids is 1. The Kier molecular flexibility index (Phi) is 3.47. The summed E-state index contributed by atoms with van der Waals surface area (Å²) in [4.78, 5) is 24.5. The minimum absolute atomic E-state index is 0.355. The molecule has 2 saturated heterocycles. The monoisotopic (exact) mass is 271 g/mol. The van der Waals surface area contributed by atoms with Gasteiger partial charge in [0.1, 0.15) is 5.60 Å². The number of hydrogen-bond donors (Lipinski definition) is 1. The number of carboxylic acid groups (broad SMARTS) is 1. The van der Waals surface area contributed by atoms with E-state index in [2.05, 4.69) is 0 Å². The van der Waals surface area contributed by atoms with Crippen LogP contribution >= 0.6 is 0 Å². The van der Waals surface area contributed by atoms with Gasteiger partial charge in [0.15, 0.2) is 6.10 Å². The fraction of sp³-hybridized carbons (Fsp3) is 0.846. The lowest BCUT2D eigenvalue weighted by Crippen LogP contribution is -2.39. The van der Waals surface area contributed by atoms with Crippen LogP contribution in [0.2, 0.25) is 0 Å². The molecule has 0 aromatic rings. The van der Waals surface area contributed by atoms with Gasteiger partial charge in [0, 0.05) is 6.54 Å². The number of amides is 1. The SMILES string of the molecule is CC(C)(C)OC(=O)N1CCC2(CCC(C(=O)O)O2)C1. The highest BCUT2D eigenvalue weighted by atomic mass is 16.6. The van der Waals surface area contributed by atoms with Crippen molar-refractivity contribution in [1.29, 1.82) is 0 Å². The van der Waals surface area contributed by atoms with Crippen molar-refractivity contribution < 1.29 is 24.2 Å². The van der Waals surface area contributed by atoms with Crippen LogP contribution in [0.4, 0.5) is 4.79 Å². The van der Waals surface area contributed by atoms with Crippen LogP contribution in [-0.2, 0) is 14.3 Å². The van der Waals surface area contributed by atoms with Crippen LogP contribution in [0.3, 0.4) is 0 Å². The van der Waals surface area contributed by atoms with Crippen LogP contribution in [-0.4, -0.2) is 52.5 Å². The van der Waals surface area contributed by atoms with Gasteiger partial charge in [-0.3, -0.25) is 0 Å². The molecule has 1 amide bonds. The topological polar surface area (TPSA) is 76.1 Å². The van der Waals surface area contributed by atoms with Gasteiger partial charge in [-0.2, -0.15) is 0 Å². The normalized spacial score (nSPS) is 30.9. The van der Waals surface area contributed by atoms with Crippen molar-refractivity contribution >= 4 is 12.1 Å². The number of hydrogen-bond acceptors (Lipinski definition) is 4. The zero-order valence-electron chi connectivity index (χ0n) is 11.6. The summed E-state index contributed by atoms with van der Waals surface area (Å²) in [6.07, 6.45) is 0.780. The summed E-state index contributed by atoms with van der Waals surface area (Å²) in [5, 5.41) is 8.95. The van der Waals surface area contributed by atoms with Crippen LogP contribution in [0.25, 0.3) is 0 Å². The molecular formula is C13H21NO5. The fourth-order valence-corrected chi connectivity index (χ4v) is 2.61. The quantitative estimate of drug-likeness (QED) is 0.784. The third-order valence-electron chi connectivity index (χ3n) is 3.50. The summed E-state index contributed by atoms with van der Waals surface area (Å²) in [5.41, 5.74) is -1.01. The number of aliphatic carboxylic acids is 1. The Morgan fingerprint density at radius 2 is 2.05 bits per heavy atom. The van der Waals surface area contributed by atoms with Crippen molar-refractivity contribution in [3.8, 4) is 0 Å². The Morgan fingerprint density at radius 1 is 1.37 bits per heavy atom. The summed E-state index contributed by atoms with van der Waals surface area (Å²) >= 11 is 0. The first kappa shape index (κ1) is 14.1. The fourth-order valence-electron chi connectivity index (χ4n) is 2.61. The Balaban J connectivity index is 1.93. The number of ether oxygens (including phenoxy) is 2. The van der Waals surface area contributed by atoms with E-state index >= 15 is 0 Å². The Hall–Kier alpha value is -1.30. The van der Waals surface area contributed by atoms with Crippen molar-refractivity contribution in [3.05, 3.63) is 0 Å². The Morgan fingerprint density at radius 3 is 2.58 bits per heavy atom. The van der Waals surface area contributed by atoms with Gasteiger partial charge < -0.3 is 19.5 Å². The van der Waals surface area contributed by atoms with Crippen molar-refractivity contribution in [2.24, 2.45) is 0 Å². The summed E-state index contributed by atoms with van der Waals surface area (Å²) in [5.74, 6) is -0.924. The average molecular weight is 271 g/mol. The van der Waals surface area contributed by atoms with E-state index in [9.17, 15) is 9.59 Å². The highest BCUT2D eigenvalue weighted by Crippen LogP contribution is 2.38. The summed E-state index contributed by atoms with van der Waals surface area (Å²) in [7, 11) is 0. The summed E-state index contributed by atoms with van der Waals surface area (Å²) < 4.78 is 10.9. The van der Waals surface area contributed by atoms with E-state index in [-0.39, 0.29) is 6.09 Å². The van der Waals surface area contributed by atoms with Gasteiger partial charge in [-0.15, -0.1) is 0 Å². The lowest BCUT2D eigenvalue weighted by atomic mass is 9.99. The molecule has 6 heteroatoms. The standard InChI is InChI=1S/C13H21NO5/c1-12(2,3)19-11(17)14-7-6-13(8-14)5-4-9(18-13)10(15)16/h9H,4-8H2,1-3H3,(H,15,16). The first-order chi connectivity index (χ1) is 8.71. The van der Waals surface area contributed by atoms with Crippen molar-refractivity contribution in [1.82, 2.24) is 4.90 Å². The van der Waals surface area contributed by atoms with Gasteiger partial charge >= 0.3 is 12.1 Å². The highest BCUT2D eigenvalue weighted by molar-refractivity contribution is 5.73. The largest absolute Gasteiger partial charge is 0.479 e. The van der Waals surface area contributed by atoms with Gasteiger partial charge in [0.05, 0.1) is 12.1 Å². The minimum atomic E-state index is -0.924. The van der Waals surface area contributed by atoms with Crippen LogP contribution in [0.5, 0.6) is 0 Å². The first-order valence-electron chi connectivity index (χ1n) is 6.59. The Bertz CT molecular complexity index is 389. The molecule has 0 radical (unpaired) electrons. The molecule has 19 heavy (non-hydrogen) atoms. The molecule has 2 unspecified atom stereocenters. The maximum absolute atomic E-state index is 11.9. The number of rotatable bonds is 1. The summed E-state index contributed by atoms with van der Waals surface area (Å²) in [6.45, 7) is 6.45. The highest BCUT2D eigenvalue weighted by Gasteiger charge is 2.49. The second kappa shape index (κ2) is 4.67. The zero-order chi connectivity index (χ0) is 14.3. The maximum atomic E-state index is 11.9. The molecule has 2 aliphatic rings. The third-order valence-corrected chi connectivity index (χ3v) is 3.50. The van der Waals surface area contributed by atoms with Crippen LogP contribution in [0, 0.1) is 0 Å². The predicted octanol–water partition coefficient (Wildman–Crippen LogP) is 1.63. The molecule has 2 aliphatic heterocycles. The molecule has 1 N–H and O–H groups in total. The van der Waals surface area contributed by atoms with E-state index in [0.717, 1.165) is 0 Å². The second-order valence-electron chi connectivity index (χ2n) is 6.32. The van der Waals surface area contributed by atoms with E-state index in [0.29, 0.717) is 32.4 Å². The van der Waals surface area contributed by atoms with E-state index in [1.807, 2.05) is 20.8 Å². The van der Waals surface area contributed by atoms with Gasteiger partial charge in [0.25, 0.3) is 0 Å². The minimum Gasteiger partial charge on any atom is -0.479 e. The second-order valence-corrected chi connectivity index (χ2v) is 6.32. The van der Waals surface area contributed by atoms with Gasteiger partial charge in [-0.1, -0.05) is 0 Å². The Labute approximate surface area is 112 Å². The molecule has 2 atom stereocenters. The number of nitrogens with zero attached hydrogens (tertiary/aromatic N) is 1. The van der Waals surface area contributed by atoms with Gasteiger partial charge in [-0.05, 0) is 40.0 Å². The van der Waals surface area contributed by atoms with E-state index in [1.54, 1.807) is 4.90 Å². The average Bonchev–Trinajstić information content (AvgIpc) is 2.85. The molecule has 108 valence electrons. The lowest BCUT2D eigenvalue weighted by Gasteiger charge is -2.26. The van der Waals surface area contributed by atoms with Crippen molar-refractivity contribution in [2.45, 2.75) is 57.3 Å². The molecule has 2 fully saturated rings. The van der Waals surface area contributed by atoms with Crippen molar-refractivity contribution in [3.63, 3.8) is 0 Å². The molecule has 6 nitrogen and oxygen atoms in total. The van der Waals surface area contributed by atoms with Gasteiger partial charge in [0.2, 0.25) is 0 Å². The zero-order valence-corrected chi connectivity index (χ0v) is 11.6. The number of carbonyl (C=O) groups is 2. The molecule has 1 spiro atoms. The molecule has 0 aromatic heterocycles. The number of carboxylic acids is 1. The first-order valence-corrected chi connectivity index (χ1v) is 6.59. The van der Waals surface area contributed by atoms with Crippen LogP contribution < -0.4 is 0 Å². The van der Waals surface area contributed by atoms with Crippen LogP contribution in [0.15, 0.2) is 0 Å². The molecule has 2 heterocycles. The molecule has 0 saturated carbocycles. The maximum Gasteiger partial charge on any atom is 0.410 e. The lowest BCUT2D eigenvalue weighted by molar-refractivity contribution is -0.153. The van der Waals surface area contributed by atoms with E-state index in [1.165, 1.54) is 0 Å².